The van der Waals surface area contributed by atoms with Gasteiger partial charge >= 0.3 is 0 Å². The Morgan fingerprint density at radius 3 is 2.64 bits per heavy atom. The highest BCUT2D eigenvalue weighted by Gasteiger charge is 1.98. The van der Waals surface area contributed by atoms with Crippen molar-refractivity contribution in [3.8, 4) is 6.07 Å². The first-order chi connectivity index (χ1) is 6.76. The molecule has 3 heteroatoms. The summed E-state index contributed by atoms with van der Waals surface area (Å²) >= 11 is 5.71. The van der Waals surface area contributed by atoms with Crippen LogP contribution in [0.15, 0.2) is 29.8 Å². The third-order valence-electron chi connectivity index (χ3n) is 1.60. The molecule has 0 saturated heterocycles. The fourth-order valence-electron chi connectivity index (χ4n) is 0.959. The molecule has 68 valence electrons. The van der Waals surface area contributed by atoms with E-state index in [1.165, 1.54) is 0 Å². The van der Waals surface area contributed by atoms with Crippen LogP contribution in [0, 0.1) is 17.9 Å². The van der Waals surface area contributed by atoms with Gasteiger partial charge in [0.1, 0.15) is 11.6 Å². The lowest BCUT2D eigenvalue weighted by atomic mass is 10.1. The third kappa shape index (κ3) is 2.94. The molecule has 0 aromatic heterocycles. The van der Waals surface area contributed by atoms with Crippen LogP contribution in [0.25, 0.3) is 10.9 Å². The van der Waals surface area contributed by atoms with Crippen molar-refractivity contribution in [1.29, 1.82) is 5.26 Å². The number of hydrogen-bond acceptors (Lipinski definition) is 1. The number of rotatable bonds is 2. The summed E-state index contributed by atoms with van der Waals surface area (Å²) in [7, 11) is 0. The van der Waals surface area contributed by atoms with Crippen LogP contribution in [-0.4, -0.2) is 6.54 Å². The van der Waals surface area contributed by atoms with Gasteiger partial charge in [0.2, 0.25) is 6.54 Å². The van der Waals surface area contributed by atoms with E-state index < -0.39 is 0 Å². The first-order valence-corrected chi connectivity index (χ1v) is 4.33. The quantitative estimate of drug-likeness (QED) is 0.535. The van der Waals surface area contributed by atoms with Crippen LogP contribution in [-0.2, 0) is 0 Å². The van der Waals surface area contributed by atoms with Crippen molar-refractivity contribution < 1.29 is 0 Å². The second-order valence-electron chi connectivity index (χ2n) is 2.65. The number of nitrogens with zero attached hydrogens (tertiary/aromatic N) is 2. The van der Waals surface area contributed by atoms with Gasteiger partial charge in [-0.05, 0) is 23.8 Å². The van der Waals surface area contributed by atoms with Gasteiger partial charge < -0.3 is 4.85 Å². The zero-order valence-electron chi connectivity index (χ0n) is 7.37. The normalized spacial score (nSPS) is 10.4. The molecule has 0 radical (unpaired) electrons. The minimum atomic E-state index is 0.124. The first-order valence-electron chi connectivity index (χ1n) is 3.95. The zero-order valence-corrected chi connectivity index (χ0v) is 8.12. The summed E-state index contributed by atoms with van der Waals surface area (Å²) in [5.74, 6) is 0. The van der Waals surface area contributed by atoms with E-state index in [0.717, 1.165) is 5.56 Å². The van der Waals surface area contributed by atoms with E-state index in [9.17, 15) is 0 Å². The second-order valence-corrected chi connectivity index (χ2v) is 3.09. The largest absolute Gasteiger partial charge is 0.311 e. The Morgan fingerprint density at radius 1 is 1.50 bits per heavy atom. The van der Waals surface area contributed by atoms with Crippen molar-refractivity contribution in [3.05, 3.63) is 51.8 Å². The Morgan fingerprint density at radius 2 is 2.14 bits per heavy atom. The molecule has 0 aliphatic heterocycles. The van der Waals surface area contributed by atoms with E-state index in [-0.39, 0.29) is 6.54 Å². The topological polar surface area (TPSA) is 28.1 Å². The second kappa shape index (κ2) is 5.07. The van der Waals surface area contributed by atoms with E-state index in [1.807, 2.05) is 18.2 Å². The molecule has 1 aromatic rings. The van der Waals surface area contributed by atoms with E-state index in [1.54, 1.807) is 18.2 Å². The smallest absolute Gasteiger partial charge is 0.249 e. The predicted octanol–water partition coefficient (Wildman–Crippen LogP) is 3.17. The maximum Gasteiger partial charge on any atom is 0.249 e. The molecular weight excluding hydrogens is 196 g/mol. The fraction of sp³-hybridized carbons (Fsp3) is 0.0909. The molecular formula is C11H7ClN2. The maximum absolute atomic E-state index is 8.69. The number of nitriles is 1. The lowest BCUT2D eigenvalue weighted by Crippen LogP contribution is -1.82. The van der Waals surface area contributed by atoms with Gasteiger partial charge in [-0.3, -0.25) is 0 Å². The van der Waals surface area contributed by atoms with Crippen LogP contribution in [0.4, 0.5) is 0 Å². The fourth-order valence-corrected chi connectivity index (χ4v) is 1.08. The summed E-state index contributed by atoms with van der Waals surface area (Å²) < 4.78 is 0. The third-order valence-corrected chi connectivity index (χ3v) is 1.86. The molecule has 0 amide bonds. The summed E-state index contributed by atoms with van der Waals surface area (Å²) in [6, 6.07) is 9.10. The summed E-state index contributed by atoms with van der Waals surface area (Å²) in [4.78, 5) is 3.15. The van der Waals surface area contributed by atoms with Crippen molar-refractivity contribution in [1.82, 2.24) is 0 Å². The molecule has 0 aliphatic rings. The Labute approximate surface area is 87.9 Å². The standard InChI is InChI=1S/C11H7ClN2/c1-14-8-10(7-13)6-9-2-4-11(12)5-3-9/h2-6H,8H2/b10-6+. The Balaban J connectivity index is 2.92. The van der Waals surface area contributed by atoms with Gasteiger partial charge in [0.05, 0.1) is 0 Å². The summed E-state index contributed by atoms with van der Waals surface area (Å²) in [6.07, 6.45) is 1.69. The maximum atomic E-state index is 8.69. The molecule has 0 heterocycles. The van der Waals surface area contributed by atoms with Gasteiger partial charge in [-0.25, -0.2) is 6.57 Å². The molecule has 0 unspecified atom stereocenters. The number of benzene rings is 1. The van der Waals surface area contributed by atoms with Crippen LogP contribution in [0.2, 0.25) is 5.02 Å². The molecule has 0 atom stereocenters. The lowest BCUT2D eigenvalue weighted by molar-refractivity contribution is 1.39. The summed E-state index contributed by atoms with van der Waals surface area (Å²) in [6.45, 7) is 6.77. The molecule has 0 aliphatic carbocycles. The highest BCUT2D eigenvalue weighted by Crippen LogP contribution is 2.12. The summed E-state index contributed by atoms with van der Waals surface area (Å²) in [5.41, 5.74) is 1.34. The Bertz CT molecular complexity index is 418. The molecule has 0 saturated carbocycles. The van der Waals surface area contributed by atoms with Crippen molar-refractivity contribution in [2.45, 2.75) is 0 Å². The van der Waals surface area contributed by atoms with Crippen LogP contribution < -0.4 is 0 Å². The molecule has 2 nitrogen and oxygen atoms in total. The molecule has 0 fully saturated rings. The van der Waals surface area contributed by atoms with Gasteiger partial charge in [-0.1, -0.05) is 23.7 Å². The monoisotopic (exact) mass is 202 g/mol. The van der Waals surface area contributed by atoms with E-state index in [2.05, 4.69) is 4.85 Å². The van der Waals surface area contributed by atoms with Crippen molar-refractivity contribution >= 4 is 17.7 Å². The van der Waals surface area contributed by atoms with Crippen molar-refractivity contribution in [2.75, 3.05) is 6.54 Å². The minimum absolute atomic E-state index is 0.124. The van der Waals surface area contributed by atoms with E-state index in [4.69, 9.17) is 23.4 Å². The van der Waals surface area contributed by atoms with Crippen molar-refractivity contribution in [2.24, 2.45) is 0 Å². The van der Waals surface area contributed by atoms with Gasteiger partial charge in [0.25, 0.3) is 0 Å². The lowest BCUT2D eigenvalue weighted by Gasteiger charge is -1.93. The van der Waals surface area contributed by atoms with E-state index in [0.29, 0.717) is 10.6 Å². The molecule has 0 N–H and O–H groups in total. The zero-order chi connectivity index (χ0) is 10.4. The van der Waals surface area contributed by atoms with Crippen LogP contribution in [0.1, 0.15) is 5.56 Å². The van der Waals surface area contributed by atoms with Crippen molar-refractivity contribution in [3.63, 3.8) is 0 Å². The van der Waals surface area contributed by atoms with Gasteiger partial charge in [0.15, 0.2) is 0 Å². The molecule has 14 heavy (non-hydrogen) atoms. The number of hydrogen-bond donors (Lipinski definition) is 0. The van der Waals surface area contributed by atoms with Crippen LogP contribution in [0.5, 0.6) is 0 Å². The predicted molar refractivity (Wildman–Crippen MR) is 56.5 cm³/mol. The van der Waals surface area contributed by atoms with Crippen LogP contribution >= 0.6 is 11.6 Å². The molecule has 0 bridgehead atoms. The highest BCUT2D eigenvalue weighted by molar-refractivity contribution is 6.30. The first kappa shape index (κ1) is 10.3. The summed E-state index contributed by atoms with van der Waals surface area (Å²) in [5, 5.41) is 9.34. The number of halogens is 1. The average molecular weight is 203 g/mol. The Kier molecular flexibility index (Phi) is 3.73. The van der Waals surface area contributed by atoms with Gasteiger partial charge in [-0.2, -0.15) is 5.26 Å². The molecule has 0 spiro atoms. The SMILES string of the molecule is [C-]#[N+]C/C(C#N)=C/c1ccc(Cl)cc1. The molecule has 1 aromatic carbocycles. The molecule has 1 rings (SSSR count). The highest BCUT2D eigenvalue weighted by atomic mass is 35.5. The Hall–Kier alpha value is -1.77. The van der Waals surface area contributed by atoms with E-state index >= 15 is 0 Å². The van der Waals surface area contributed by atoms with Gasteiger partial charge in [0, 0.05) is 5.02 Å². The minimum Gasteiger partial charge on any atom is -0.311 e. The average Bonchev–Trinajstić information content (AvgIpc) is 2.20. The van der Waals surface area contributed by atoms with Gasteiger partial charge in [-0.15, -0.1) is 0 Å². The van der Waals surface area contributed by atoms with Crippen LogP contribution in [0.3, 0.4) is 0 Å².